The summed E-state index contributed by atoms with van der Waals surface area (Å²) in [5, 5.41) is 0.799. The third kappa shape index (κ3) is 5.03. The summed E-state index contributed by atoms with van der Waals surface area (Å²) in [5.74, 6) is 0.930. The number of pyridine rings is 1. The Hall–Kier alpha value is -2.10. The van der Waals surface area contributed by atoms with Crippen molar-refractivity contribution in [2.24, 2.45) is 0 Å². The zero-order valence-corrected chi connectivity index (χ0v) is 17.3. The highest BCUT2D eigenvalue weighted by molar-refractivity contribution is 7.99. The average Bonchev–Trinajstić information content (AvgIpc) is 2.73. The minimum absolute atomic E-state index is 0.00577. The van der Waals surface area contributed by atoms with E-state index in [2.05, 4.69) is 4.98 Å². The van der Waals surface area contributed by atoms with Crippen LogP contribution in [0, 0.1) is 0 Å². The fourth-order valence-corrected chi connectivity index (χ4v) is 5.05. The topological polar surface area (TPSA) is 79.8 Å². The number of sulfonamides is 1. The van der Waals surface area contributed by atoms with Gasteiger partial charge in [-0.15, -0.1) is 0 Å². The van der Waals surface area contributed by atoms with Gasteiger partial charge in [-0.3, -0.25) is 4.79 Å². The van der Waals surface area contributed by atoms with E-state index in [0.29, 0.717) is 31.2 Å². The van der Waals surface area contributed by atoms with Gasteiger partial charge in [-0.25, -0.2) is 13.4 Å². The number of hydrogen-bond donors (Lipinski definition) is 0. The number of benzene rings is 1. The lowest BCUT2D eigenvalue weighted by molar-refractivity contribution is -0.129. The molecule has 0 N–H and O–H groups in total. The molecule has 0 unspecified atom stereocenters. The van der Waals surface area contributed by atoms with Crippen LogP contribution in [0.2, 0.25) is 0 Å². The molecule has 1 fully saturated rings. The summed E-state index contributed by atoms with van der Waals surface area (Å²) in [6.45, 7) is 3.75. The molecule has 3 rings (SSSR count). The minimum Gasteiger partial charge on any atom is -0.494 e. The van der Waals surface area contributed by atoms with Crippen molar-refractivity contribution in [1.29, 1.82) is 0 Å². The van der Waals surface area contributed by atoms with Crippen molar-refractivity contribution in [3.05, 3.63) is 48.7 Å². The van der Waals surface area contributed by atoms with E-state index >= 15 is 0 Å². The number of ether oxygens (including phenoxy) is 1. The van der Waals surface area contributed by atoms with Crippen LogP contribution in [0.1, 0.15) is 6.92 Å². The molecule has 2 aromatic rings. The maximum Gasteiger partial charge on any atom is 0.243 e. The molecule has 1 aromatic heterocycles. The Bertz CT molecular complexity index is 881. The number of piperazine rings is 1. The molecule has 7 nitrogen and oxygen atoms in total. The predicted molar refractivity (Wildman–Crippen MR) is 108 cm³/mol. The Kier molecular flexibility index (Phi) is 6.93. The van der Waals surface area contributed by atoms with Crippen molar-refractivity contribution in [2.45, 2.75) is 16.8 Å². The fraction of sp³-hybridized carbons (Fsp3) is 0.368. The second-order valence-electron chi connectivity index (χ2n) is 6.15. The van der Waals surface area contributed by atoms with Gasteiger partial charge < -0.3 is 9.64 Å². The monoisotopic (exact) mass is 421 g/mol. The van der Waals surface area contributed by atoms with Crippen LogP contribution in [0.25, 0.3) is 0 Å². The zero-order valence-electron chi connectivity index (χ0n) is 15.7. The lowest BCUT2D eigenvalue weighted by Crippen LogP contribution is -2.50. The van der Waals surface area contributed by atoms with Crippen LogP contribution in [0.5, 0.6) is 5.75 Å². The van der Waals surface area contributed by atoms with Crippen LogP contribution in [0.3, 0.4) is 0 Å². The zero-order chi connectivity index (χ0) is 20.0. The van der Waals surface area contributed by atoms with Crippen molar-refractivity contribution in [1.82, 2.24) is 14.2 Å². The van der Waals surface area contributed by atoms with E-state index in [1.807, 2.05) is 25.1 Å². The summed E-state index contributed by atoms with van der Waals surface area (Å²) >= 11 is 1.38. The largest absolute Gasteiger partial charge is 0.494 e. The first-order valence-electron chi connectivity index (χ1n) is 9.05. The Morgan fingerprint density at radius 1 is 1.11 bits per heavy atom. The smallest absolute Gasteiger partial charge is 0.243 e. The number of thioether (sulfide) groups is 1. The molecule has 28 heavy (non-hydrogen) atoms. The molecule has 0 saturated carbocycles. The average molecular weight is 422 g/mol. The first-order chi connectivity index (χ1) is 13.5. The van der Waals surface area contributed by atoms with Gasteiger partial charge in [0.15, 0.2) is 0 Å². The molecule has 150 valence electrons. The van der Waals surface area contributed by atoms with Crippen molar-refractivity contribution < 1.29 is 17.9 Å². The number of nitrogens with zero attached hydrogens (tertiary/aromatic N) is 3. The molecule has 0 aliphatic carbocycles. The Balaban J connectivity index is 1.54. The molecule has 1 amide bonds. The van der Waals surface area contributed by atoms with Gasteiger partial charge in [-0.05, 0) is 43.3 Å². The molecular weight excluding hydrogens is 398 g/mol. The number of hydrogen-bond acceptors (Lipinski definition) is 6. The molecule has 9 heteroatoms. The summed E-state index contributed by atoms with van der Waals surface area (Å²) < 4.78 is 32.4. The van der Waals surface area contributed by atoms with Crippen LogP contribution in [-0.4, -0.2) is 67.1 Å². The summed E-state index contributed by atoms with van der Waals surface area (Å²) in [7, 11) is -3.57. The Morgan fingerprint density at radius 2 is 1.82 bits per heavy atom. The maximum atomic E-state index is 12.8. The molecule has 0 atom stereocenters. The number of carbonyl (C=O) groups is 1. The summed E-state index contributed by atoms with van der Waals surface area (Å²) in [4.78, 5) is 18.5. The van der Waals surface area contributed by atoms with Crippen molar-refractivity contribution in [3.63, 3.8) is 0 Å². The second kappa shape index (κ2) is 9.40. The predicted octanol–water partition coefficient (Wildman–Crippen LogP) is 2.11. The van der Waals surface area contributed by atoms with Crippen LogP contribution in [0.4, 0.5) is 0 Å². The maximum absolute atomic E-state index is 12.8. The van der Waals surface area contributed by atoms with E-state index in [4.69, 9.17) is 4.74 Å². The SMILES string of the molecule is CCOc1ccc(S(=O)(=O)N2CCN(C(=O)CSc3ccccn3)CC2)cc1. The van der Waals surface area contributed by atoms with Crippen LogP contribution < -0.4 is 4.74 Å². The van der Waals surface area contributed by atoms with Crippen molar-refractivity contribution >= 4 is 27.7 Å². The van der Waals surface area contributed by atoms with Gasteiger partial charge in [0.1, 0.15) is 5.75 Å². The van der Waals surface area contributed by atoms with Gasteiger partial charge >= 0.3 is 0 Å². The number of carbonyl (C=O) groups excluding carboxylic acids is 1. The van der Waals surface area contributed by atoms with E-state index in [1.165, 1.54) is 16.1 Å². The van der Waals surface area contributed by atoms with Gasteiger partial charge in [0.25, 0.3) is 0 Å². The van der Waals surface area contributed by atoms with Crippen molar-refractivity contribution in [2.75, 3.05) is 38.5 Å². The molecule has 1 saturated heterocycles. The second-order valence-corrected chi connectivity index (χ2v) is 9.08. The highest BCUT2D eigenvalue weighted by Crippen LogP contribution is 2.21. The summed E-state index contributed by atoms with van der Waals surface area (Å²) in [5.41, 5.74) is 0. The van der Waals surface area contributed by atoms with Crippen molar-refractivity contribution in [3.8, 4) is 5.75 Å². The first kappa shape index (κ1) is 20.6. The molecule has 2 heterocycles. The van der Waals surface area contributed by atoms with Crippen LogP contribution in [-0.2, 0) is 14.8 Å². The van der Waals surface area contributed by atoms with E-state index in [1.54, 1.807) is 35.4 Å². The molecular formula is C19H23N3O4S2. The molecule has 1 aliphatic rings. The standard InChI is InChI=1S/C19H23N3O4S2/c1-2-26-16-6-8-17(9-7-16)28(24,25)22-13-11-21(12-14-22)19(23)15-27-18-5-3-4-10-20-18/h3-10H,2,11-15H2,1H3. The van der Waals surface area contributed by atoms with Gasteiger partial charge in [-0.1, -0.05) is 17.8 Å². The molecule has 1 aromatic carbocycles. The number of amides is 1. The third-order valence-corrected chi connectivity index (χ3v) is 7.19. The summed E-state index contributed by atoms with van der Waals surface area (Å²) in [6, 6.07) is 12.0. The van der Waals surface area contributed by atoms with Gasteiger partial charge in [0, 0.05) is 32.4 Å². The number of rotatable bonds is 7. The molecule has 0 radical (unpaired) electrons. The summed E-state index contributed by atoms with van der Waals surface area (Å²) in [6.07, 6.45) is 1.69. The molecule has 0 spiro atoms. The van der Waals surface area contributed by atoms with E-state index < -0.39 is 10.0 Å². The van der Waals surface area contributed by atoms with Crippen LogP contribution in [0.15, 0.2) is 58.6 Å². The number of aromatic nitrogens is 1. The lowest BCUT2D eigenvalue weighted by atomic mass is 10.3. The quantitative estimate of drug-likeness (QED) is 0.637. The molecule has 1 aliphatic heterocycles. The van der Waals surface area contributed by atoms with E-state index in [0.717, 1.165) is 5.03 Å². The minimum atomic E-state index is -3.57. The lowest BCUT2D eigenvalue weighted by Gasteiger charge is -2.34. The van der Waals surface area contributed by atoms with Gasteiger partial charge in [0.05, 0.1) is 22.3 Å². The Labute approximate surface area is 169 Å². The third-order valence-electron chi connectivity index (χ3n) is 4.35. The van der Waals surface area contributed by atoms with Gasteiger partial charge in [0.2, 0.25) is 15.9 Å². The Morgan fingerprint density at radius 3 is 2.43 bits per heavy atom. The van der Waals surface area contributed by atoms with E-state index in [-0.39, 0.29) is 23.9 Å². The van der Waals surface area contributed by atoms with E-state index in [9.17, 15) is 13.2 Å². The molecule has 0 bridgehead atoms. The van der Waals surface area contributed by atoms with Gasteiger partial charge in [-0.2, -0.15) is 4.31 Å². The highest BCUT2D eigenvalue weighted by Gasteiger charge is 2.30. The van der Waals surface area contributed by atoms with Crippen LogP contribution >= 0.6 is 11.8 Å². The fourth-order valence-electron chi connectivity index (χ4n) is 2.86. The first-order valence-corrected chi connectivity index (χ1v) is 11.5. The highest BCUT2D eigenvalue weighted by atomic mass is 32.2. The normalized spacial score (nSPS) is 15.4.